The zero-order valence-corrected chi connectivity index (χ0v) is 10.7. The van der Waals surface area contributed by atoms with Crippen LogP contribution in [-0.2, 0) is 0 Å². The molecule has 0 aliphatic rings. The van der Waals surface area contributed by atoms with Crippen LogP contribution in [0.4, 0.5) is 0 Å². The van der Waals surface area contributed by atoms with Crippen molar-refractivity contribution in [3.63, 3.8) is 0 Å². The van der Waals surface area contributed by atoms with Crippen molar-refractivity contribution in [3.05, 3.63) is 46.9 Å². The molecule has 0 unspecified atom stereocenters. The smallest absolute Gasteiger partial charge is 0.228 e. The minimum Gasteiger partial charge on any atom is -0.493 e. The first-order valence-corrected chi connectivity index (χ1v) is 5.55. The monoisotopic (exact) mass is 266 g/mol. The lowest BCUT2D eigenvalue weighted by Gasteiger charge is -2.10. The highest BCUT2D eigenvalue weighted by Gasteiger charge is 2.17. The largest absolute Gasteiger partial charge is 0.493 e. The number of halogens is 1. The van der Waals surface area contributed by atoms with Crippen molar-refractivity contribution in [2.24, 2.45) is 0 Å². The number of benzene rings is 1. The number of hydrogen-bond acceptors (Lipinski definition) is 4. The van der Waals surface area contributed by atoms with Gasteiger partial charge >= 0.3 is 0 Å². The van der Waals surface area contributed by atoms with Gasteiger partial charge in [0.2, 0.25) is 5.78 Å². The molecule has 0 radical (unpaired) electrons. The molecule has 0 aliphatic carbocycles. The molecule has 0 fully saturated rings. The van der Waals surface area contributed by atoms with Gasteiger partial charge in [0.25, 0.3) is 0 Å². The van der Waals surface area contributed by atoms with Gasteiger partial charge in [0.1, 0.15) is 0 Å². The van der Waals surface area contributed by atoms with Crippen LogP contribution in [0.3, 0.4) is 0 Å². The Morgan fingerprint density at radius 1 is 1.28 bits per heavy atom. The SMILES string of the molecule is COc1cc(C(=O)c2ccco2)cc(Cl)c1OC. The fourth-order valence-corrected chi connectivity index (χ4v) is 1.89. The van der Waals surface area contributed by atoms with E-state index < -0.39 is 0 Å². The normalized spacial score (nSPS) is 10.2. The van der Waals surface area contributed by atoms with Gasteiger partial charge in [-0.2, -0.15) is 0 Å². The third-order valence-electron chi connectivity index (χ3n) is 2.44. The molecule has 0 amide bonds. The topological polar surface area (TPSA) is 48.7 Å². The van der Waals surface area contributed by atoms with Crippen LogP contribution in [0, 0.1) is 0 Å². The predicted molar refractivity (Wildman–Crippen MR) is 66.7 cm³/mol. The first kappa shape index (κ1) is 12.5. The highest BCUT2D eigenvalue weighted by Crippen LogP contribution is 2.36. The summed E-state index contributed by atoms with van der Waals surface area (Å²) in [6, 6.07) is 6.33. The maximum atomic E-state index is 12.1. The Labute approximate surface area is 109 Å². The van der Waals surface area contributed by atoms with Crippen molar-refractivity contribution in [1.82, 2.24) is 0 Å². The fraction of sp³-hybridized carbons (Fsp3) is 0.154. The zero-order valence-electron chi connectivity index (χ0n) is 9.90. The Kier molecular flexibility index (Phi) is 3.58. The predicted octanol–water partition coefficient (Wildman–Crippen LogP) is 3.18. The molecule has 5 heteroatoms. The van der Waals surface area contributed by atoms with Crippen LogP contribution in [0.15, 0.2) is 34.9 Å². The molecular formula is C13H11ClO4. The van der Waals surface area contributed by atoms with Crippen LogP contribution in [0.25, 0.3) is 0 Å². The van der Waals surface area contributed by atoms with Gasteiger partial charge in [-0.25, -0.2) is 0 Å². The molecule has 0 spiro atoms. The van der Waals surface area contributed by atoms with E-state index in [4.69, 9.17) is 25.5 Å². The van der Waals surface area contributed by atoms with Crippen molar-refractivity contribution >= 4 is 17.4 Å². The number of hydrogen-bond donors (Lipinski definition) is 0. The van der Waals surface area contributed by atoms with E-state index >= 15 is 0 Å². The van der Waals surface area contributed by atoms with Crippen molar-refractivity contribution in [1.29, 1.82) is 0 Å². The molecule has 18 heavy (non-hydrogen) atoms. The summed E-state index contributed by atoms with van der Waals surface area (Å²) < 4.78 is 15.3. The highest BCUT2D eigenvalue weighted by molar-refractivity contribution is 6.33. The fourth-order valence-electron chi connectivity index (χ4n) is 1.60. The Morgan fingerprint density at radius 3 is 2.61 bits per heavy atom. The molecule has 0 N–H and O–H groups in total. The Bertz CT molecular complexity index is 561. The van der Waals surface area contributed by atoms with Gasteiger partial charge in [0, 0.05) is 5.56 Å². The van der Waals surface area contributed by atoms with Gasteiger partial charge in [-0.3, -0.25) is 4.79 Å². The van der Waals surface area contributed by atoms with Gasteiger partial charge in [-0.05, 0) is 24.3 Å². The summed E-state index contributed by atoms with van der Waals surface area (Å²) in [7, 11) is 2.97. The van der Waals surface area contributed by atoms with Crippen molar-refractivity contribution < 1.29 is 18.7 Å². The molecule has 4 nitrogen and oxygen atoms in total. The van der Waals surface area contributed by atoms with E-state index in [0.717, 1.165) is 0 Å². The van der Waals surface area contributed by atoms with Crippen LogP contribution >= 0.6 is 11.6 Å². The molecule has 1 aromatic heterocycles. The van der Waals surface area contributed by atoms with E-state index in [-0.39, 0.29) is 11.5 Å². The maximum Gasteiger partial charge on any atom is 0.228 e. The van der Waals surface area contributed by atoms with Gasteiger partial charge in [-0.1, -0.05) is 11.6 Å². The summed E-state index contributed by atoms with van der Waals surface area (Å²) in [5, 5.41) is 0.312. The molecule has 1 heterocycles. The van der Waals surface area contributed by atoms with Gasteiger partial charge in [0.15, 0.2) is 17.3 Å². The summed E-state index contributed by atoms with van der Waals surface area (Å²) in [5.41, 5.74) is 0.382. The van der Waals surface area contributed by atoms with Crippen LogP contribution in [0.2, 0.25) is 5.02 Å². The second-order valence-electron chi connectivity index (χ2n) is 3.50. The Morgan fingerprint density at radius 2 is 2.06 bits per heavy atom. The van der Waals surface area contributed by atoms with Gasteiger partial charge < -0.3 is 13.9 Å². The van der Waals surface area contributed by atoms with Gasteiger partial charge in [-0.15, -0.1) is 0 Å². The average Bonchev–Trinajstić information content (AvgIpc) is 2.90. The molecule has 1 aromatic carbocycles. The van der Waals surface area contributed by atoms with E-state index in [2.05, 4.69) is 0 Å². The lowest BCUT2D eigenvalue weighted by molar-refractivity contribution is 0.101. The standard InChI is InChI=1S/C13H11ClO4/c1-16-11-7-8(6-9(14)13(11)17-2)12(15)10-4-3-5-18-10/h3-7H,1-2H3. The average molecular weight is 267 g/mol. The van der Waals surface area contributed by atoms with Crippen molar-refractivity contribution in [2.45, 2.75) is 0 Å². The first-order valence-electron chi connectivity index (χ1n) is 5.17. The Hall–Kier alpha value is -1.94. The van der Waals surface area contributed by atoms with Crippen molar-refractivity contribution in [2.75, 3.05) is 14.2 Å². The molecule has 0 aliphatic heterocycles. The number of carbonyl (C=O) groups excluding carboxylic acids is 1. The Balaban J connectivity index is 2.47. The molecular weight excluding hydrogens is 256 g/mol. The molecule has 0 bridgehead atoms. The third kappa shape index (κ3) is 2.19. The third-order valence-corrected chi connectivity index (χ3v) is 2.72. The number of rotatable bonds is 4. The summed E-state index contributed by atoms with van der Waals surface area (Å²) >= 11 is 6.03. The van der Waals surface area contributed by atoms with E-state index in [1.807, 2.05) is 0 Å². The second kappa shape index (κ2) is 5.14. The zero-order chi connectivity index (χ0) is 13.1. The maximum absolute atomic E-state index is 12.1. The molecule has 94 valence electrons. The number of carbonyl (C=O) groups is 1. The lowest BCUT2D eigenvalue weighted by atomic mass is 10.1. The highest BCUT2D eigenvalue weighted by atomic mass is 35.5. The van der Waals surface area contributed by atoms with Crippen molar-refractivity contribution in [3.8, 4) is 11.5 Å². The minimum absolute atomic E-state index is 0.248. The van der Waals surface area contributed by atoms with E-state index in [1.165, 1.54) is 26.5 Å². The van der Waals surface area contributed by atoms with Crippen LogP contribution in [0.1, 0.15) is 16.1 Å². The lowest BCUT2D eigenvalue weighted by Crippen LogP contribution is -2.01. The van der Waals surface area contributed by atoms with E-state index in [9.17, 15) is 4.79 Å². The van der Waals surface area contributed by atoms with E-state index in [1.54, 1.807) is 18.2 Å². The second-order valence-corrected chi connectivity index (χ2v) is 3.91. The molecule has 0 saturated carbocycles. The molecule has 2 aromatic rings. The number of ketones is 1. The molecule has 0 saturated heterocycles. The van der Waals surface area contributed by atoms with E-state index in [0.29, 0.717) is 22.1 Å². The number of ether oxygens (including phenoxy) is 2. The first-order chi connectivity index (χ1) is 8.67. The number of methoxy groups -OCH3 is 2. The summed E-state index contributed by atoms with van der Waals surface area (Å²) in [4.78, 5) is 12.1. The minimum atomic E-state index is -0.261. The van der Waals surface area contributed by atoms with Crippen LogP contribution in [0.5, 0.6) is 11.5 Å². The van der Waals surface area contributed by atoms with Crippen LogP contribution in [-0.4, -0.2) is 20.0 Å². The van der Waals surface area contributed by atoms with Gasteiger partial charge in [0.05, 0.1) is 25.5 Å². The summed E-state index contributed by atoms with van der Waals surface area (Å²) in [6.07, 6.45) is 1.44. The molecule has 2 rings (SSSR count). The summed E-state index contributed by atoms with van der Waals surface area (Å²) in [6.45, 7) is 0. The molecule has 0 atom stereocenters. The quantitative estimate of drug-likeness (QED) is 0.798. The number of furan rings is 1. The summed E-state index contributed by atoms with van der Waals surface area (Å²) in [5.74, 6) is 0.788. The van der Waals surface area contributed by atoms with Crippen LogP contribution < -0.4 is 9.47 Å².